The van der Waals surface area contributed by atoms with Gasteiger partial charge >= 0.3 is 0 Å². The van der Waals surface area contributed by atoms with Crippen LogP contribution in [0.25, 0.3) is 0 Å². The molecule has 78 heavy (non-hydrogen) atoms. The number of phenolic OH excluding ortho intramolecular Hbond substituents is 3. The number of nitrogens with one attached hydrogen (secondary N) is 6. The van der Waals surface area contributed by atoms with Crippen molar-refractivity contribution in [2.75, 3.05) is 40.8 Å². The van der Waals surface area contributed by atoms with Crippen LogP contribution >= 0.6 is 0 Å². The summed E-state index contributed by atoms with van der Waals surface area (Å²) in [4.78, 5) is 83.3. The van der Waals surface area contributed by atoms with Gasteiger partial charge in [0, 0.05) is 76.3 Å². The summed E-state index contributed by atoms with van der Waals surface area (Å²) < 4.78 is 0. The van der Waals surface area contributed by atoms with Gasteiger partial charge < -0.3 is 98.8 Å². The number of aromatic hydroxyl groups is 3. The molecule has 27 heteroatoms. The topological polar surface area (TPSA) is 507 Å². The number of amides is 6. The Hall–Kier alpha value is -8.43. The van der Waals surface area contributed by atoms with Crippen molar-refractivity contribution in [1.29, 1.82) is 0 Å². The van der Waals surface area contributed by atoms with E-state index in [1.165, 1.54) is 36.4 Å². The molecule has 0 saturated carbocycles. The quantitative estimate of drug-likeness (QED) is 0.0162. The van der Waals surface area contributed by atoms with Crippen LogP contribution in [-0.4, -0.2) is 146 Å². The number of hydrogen-bond donors (Lipinski definition) is 18. The molecule has 0 aliphatic carbocycles. The second kappa shape index (κ2) is 38.2. The average molecular weight is 1090 g/mol. The molecule has 0 aliphatic rings. The van der Waals surface area contributed by atoms with Crippen LogP contribution in [0.5, 0.6) is 17.2 Å². The van der Waals surface area contributed by atoms with Crippen LogP contribution in [0, 0.1) is 0 Å². The van der Waals surface area contributed by atoms with Crippen molar-refractivity contribution in [2.24, 2.45) is 66.6 Å². The van der Waals surface area contributed by atoms with E-state index in [9.17, 15) is 44.1 Å². The third-order valence-corrected chi connectivity index (χ3v) is 11.7. The van der Waals surface area contributed by atoms with Crippen LogP contribution in [0.1, 0.15) is 74.5 Å². The van der Waals surface area contributed by atoms with E-state index in [1.54, 1.807) is 57.5 Å². The smallest absolute Gasteiger partial charge is 0.240 e. The van der Waals surface area contributed by atoms with Crippen LogP contribution < -0.4 is 83.5 Å². The van der Waals surface area contributed by atoms with E-state index in [0.29, 0.717) is 32.5 Å². The number of nitrogens with two attached hydrogens (primary N) is 9. The van der Waals surface area contributed by atoms with Gasteiger partial charge in [0.2, 0.25) is 35.4 Å². The summed E-state index contributed by atoms with van der Waals surface area (Å²) in [5, 5.41) is 45.1. The Morgan fingerprint density at radius 2 is 0.667 bits per heavy atom. The van der Waals surface area contributed by atoms with Crippen LogP contribution in [0.2, 0.25) is 0 Å². The Balaban J connectivity index is 0.000000585. The van der Waals surface area contributed by atoms with E-state index in [0.717, 1.165) is 42.4 Å². The predicted molar refractivity (Wildman–Crippen MR) is 301 cm³/mol. The van der Waals surface area contributed by atoms with Crippen LogP contribution in [0.3, 0.4) is 0 Å². The zero-order valence-corrected chi connectivity index (χ0v) is 44.8. The third-order valence-electron chi connectivity index (χ3n) is 11.7. The fraction of sp³-hybridized carbons (Fsp3) is 0.471. The molecular formula is C51H84N18O9. The number of rotatable bonds is 33. The number of carbonyl (C=O) groups excluding carboxylic acids is 6. The van der Waals surface area contributed by atoms with Gasteiger partial charge in [-0.15, -0.1) is 0 Å². The molecule has 3 aromatic carbocycles. The van der Waals surface area contributed by atoms with Gasteiger partial charge in [0.25, 0.3) is 0 Å². The second-order valence-corrected chi connectivity index (χ2v) is 18.1. The maximum atomic E-state index is 12.3. The van der Waals surface area contributed by atoms with Crippen molar-refractivity contribution in [1.82, 2.24) is 31.9 Å². The fourth-order valence-electron chi connectivity index (χ4n) is 7.35. The number of carbonyl (C=O) groups is 6. The Bertz CT molecular complexity index is 2360. The highest BCUT2D eigenvalue weighted by Crippen LogP contribution is 2.15. The average Bonchev–Trinajstić information content (AvgIpc) is 3.38. The minimum absolute atomic E-state index is 0.00185. The number of benzene rings is 3. The number of aliphatic imine (C=N–C) groups is 3. The number of hydrogen-bond acceptors (Lipinski definition) is 15. The van der Waals surface area contributed by atoms with Crippen molar-refractivity contribution in [2.45, 2.75) is 113 Å². The first-order valence-corrected chi connectivity index (χ1v) is 25.2. The number of guanidine groups is 3. The summed E-state index contributed by atoms with van der Waals surface area (Å²) in [6, 6.07) is 16.5. The summed E-state index contributed by atoms with van der Waals surface area (Å²) in [7, 11) is 5.28. The van der Waals surface area contributed by atoms with E-state index in [1.807, 2.05) is 0 Å². The lowest BCUT2D eigenvalue weighted by atomic mass is 10.0. The maximum absolute atomic E-state index is 12.3. The predicted octanol–water partition coefficient (Wildman–Crippen LogP) is -3.19. The number of phenols is 3. The lowest BCUT2D eigenvalue weighted by molar-refractivity contribution is -0.127. The molecule has 0 radical (unpaired) electrons. The van der Waals surface area contributed by atoms with E-state index in [-0.39, 0.29) is 109 Å². The van der Waals surface area contributed by atoms with E-state index < -0.39 is 35.8 Å². The van der Waals surface area contributed by atoms with Gasteiger partial charge in [-0.25, -0.2) is 0 Å². The molecule has 3 rings (SSSR count). The Morgan fingerprint density at radius 3 is 0.949 bits per heavy atom. The molecule has 0 bridgehead atoms. The summed E-state index contributed by atoms with van der Waals surface area (Å²) >= 11 is 0. The van der Waals surface area contributed by atoms with Gasteiger partial charge in [0.15, 0.2) is 17.9 Å². The van der Waals surface area contributed by atoms with E-state index in [2.05, 4.69) is 46.9 Å². The molecule has 6 atom stereocenters. The Kier molecular flexibility index (Phi) is 33.1. The zero-order valence-electron chi connectivity index (χ0n) is 44.8. The monoisotopic (exact) mass is 1090 g/mol. The first kappa shape index (κ1) is 67.6. The van der Waals surface area contributed by atoms with Gasteiger partial charge in [-0.2, -0.15) is 0 Å². The highest BCUT2D eigenvalue weighted by molar-refractivity contribution is 5.88. The third kappa shape index (κ3) is 32.1. The fourth-order valence-corrected chi connectivity index (χ4v) is 7.35. The minimum atomic E-state index is -0.827. The van der Waals surface area contributed by atoms with E-state index >= 15 is 0 Å². The normalized spacial score (nSPS) is 12.8. The summed E-state index contributed by atoms with van der Waals surface area (Å²) in [5.74, 6) is -2.14. The molecule has 0 heterocycles. The van der Waals surface area contributed by atoms with Crippen LogP contribution in [0.15, 0.2) is 87.8 Å². The van der Waals surface area contributed by atoms with E-state index in [4.69, 9.17) is 51.6 Å². The van der Waals surface area contributed by atoms with Gasteiger partial charge in [-0.1, -0.05) is 42.8 Å². The molecule has 0 saturated heterocycles. The molecule has 0 unspecified atom stereocenters. The molecule has 0 fully saturated rings. The van der Waals surface area contributed by atoms with Crippen LogP contribution in [-0.2, 0) is 48.0 Å². The molecule has 432 valence electrons. The van der Waals surface area contributed by atoms with Gasteiger partial charge in [-0.05, 0) is 106 Å². The first-order chi connectivity index (χ1) is 36.9. The molecule has 3 aromatic rings. The summed E-state index contributed by atoms with van der Waals surface area (Å²) in [6.45, 7) is 1.45. The number of unbranched alkanes of at least 4 members (excludes halogenated alkanes) is 1. The Morgan fingerprint density at radius 1 is 0.397 bits per heavy atom. The highest BCUT2D eigenvalue weighted by atomic mass is 16.3. The number of primary amides is 3. The highest BCUT2D eigenvalue weighted by Gasteiger charge is 2.23. The second-order valence-electron chi connectivity index (χ2n) is 18.1. The molecule has 0 aliphatic heterocycles. The zero-order chi connectivity index (χ0) is 58.6. The van der Waals surface area contributed by atoms with Crippen molar-refractivity contribution in [3.8, 4) is 17.2 Å². The van der Waals surface area contributed by atoms with Crippen LogP contribution in [0.4, 0.5) is 0 Å². The lowest BCUT2D eigenvalue weighted by Gasteiger charge is -2.19. The molecule has 0 spiro atoms. The van der Waals surface area contributed by atoms with Gasteiger partial charge in [0.1, 0.15) is 35.4 Å². The van der Waals surface area contributed by atoms with Gasteiger partial charge in [-0.3, -0.25) is 43.7 Å². The first-order valence-electron chi connectivity index (χ1n) is 25.2. The molecular weight excluding hydrogens is 1010 g/mol. The van der Waals surface area contributed by atoms with Gasteiger partial charge in [0.05, 0.1) is 0 Å². The standard InChI is InChI=1S/C18H30N6O3.C17H28N6O3.C16H26N6O3/c1-22-13(4-2-3-9-23-18(20)21)11-16(26)24-15(17(19)27)10-12-5-7-14(25)8-6-12;1-21-12(3-2-8-22-17(19)20)10-15(25)23-14(16(18)26)9-11-4-6-13(24)7-5-11;1-20-11(6-7-21-16(18)19)9-14(24)22-13(15(17)25)8-10-2-4-12(23)5-3-10/h5-8,13,15,22,25H,2-4,9-11H2,1H3,(H2,19,27)(H,24,26)(H4,20,21,23);4-7,12,14,21,24H,2-3,8-10H2,1H3,(H2,18,26)(H,23,25)(H4,19,20,22);2-5,11,13,20,23H,6-9H2,1H3,(H2,17,25)(H,22,24)(H4,18,19,21)/t13-,15-;12-,14+;11-,13-/m010/s1. The SMILES string of the molecule is CN[C@@H](CCCCN=C(N)N)CC(=O)N[C@@H](Cc1ccc(O)cc1)C(N)=O.CN[C@@H](CCN=C(N)N)CC(=O)N[C@@H](Cc1ccc(O)cc1)C(N)=O.CN[C@H](CCCN=C(N)N)CC(=O)N[C@@H](Cc1ccc(O)cc1)C(N)=O. The van der Waals surface area contributed by atoms with Crippen molar-refractivity contribution in [3.05, 3.63) is 89.5 Å². The van der Waals surface area contributed by atoms with Crippen molar-refractivity contribution < 1.29 is 44.1 Å². The lowest BCUT2D eigenvalue weighted by Crippen LogP contribution is -2.47. The summed E-state index contributed by atoms with van der Waals surface area (Å²) in [6.07, 6.45) is 5.85. The Labute approximate surface area is 455 Å². The molecule has 6 amide bonds. The molecule has 27 N–H and O–H groups in total. The number of nitrogens with zero attached hydrogens (tertiary/aromatic N) is 3. The van der Waals surface area contributed by atoms with Crippen molar-refractivity contribution in [3.63, 3.8) is 0 Å². The maximum Gasteiger partial charge on any atom is 0.240 e. The summed E-state index contributed by atoms with van der Waals surface area (Å²) in [5.41, 5.74) is 50.1. The largest absolute Gasteiger partial charge is 0.508 e. The van der Waals surface area contributed by atoms with Crippen molar-refractivity contribution >= 4 is 53.3 Å². The molecule has 0 aromatic heterocycles. The minimum Gasteiger partial charge on any atom is -0.508 e. The molecule has 27 nitrogen and oxygen atoms in total.